The molecular weight excluding hydrogens is 160 g/mol. The van der Waals surface area contributed by atoms with Crippen LogP contribution in [0.2, 0.25) is 0 Å². The number of nitrogens with zero attached hydrogens (tertiary/aromatic N) is 1. The zero-order valence-electron chi connectivity index (χ0n) is 6.55. The van der Waals surface area contributed by atoms with Crippen molar-refractivity contribution in [3.63, 3.8) is 0 Å². The van der Waals surface area contributed by atoms with Gasteiger partial charge in [-0.05, 0) is 19.1 Å². The van der Waals surface area contributed by atoms with Gasteiger partial charge in [0.1, 0.15) is 0 Å². The highest BCUT2D eigenvalue weighted by Gasteiger charge is 2.14. The van der Waals surface area contributed by atoms with E-state index in [4.69, 9.17) is 12.2 Å². The van der Waals surface area contributed by atoms with Gasteiger partial charge in [0.25, 0.3) is 0 Å². The number of rotatable bonds is 1. The van der Waals surface area contributed by atoms with Gasteiger partial charge in [-0.2, -0.15) is 0 Å². The molecule has 0 aromatic rings. The number of thiocarbonyl (C=S) groups is 1. The summed E-state index contributed by atoms with van der Waals surface area (Å²) in [4.78, 5) is 12.7. The van der Waals surface area contributed by atoms with Gasteiger partial charge in [-0.1, -0.05) is 0 Å². The highest BCUT2D eigenvalue weighted by Crippen LogP contribution is 2.03. The molecule has 0 aromatic heterocycles. The second-order valence-electron chi connectivity index (χ2n) is 2.53. The maximum Gasteiger partial charge on any atom is 0.173 e. The zero-order chi connectivity index (χ0) is 8.43. The second-order valence-corrected chi connectivity index (χ2v) is 2.92. The van der Waals surface area contributed by atoms with Crippen LogP contribution in [0.15, 0.2) is 11.8 Å². The normalized spacial score (nSPS) is 17.5. The Bertz CT molecular complexity index is 235. The first kappa shape index (κ1) is 8.20. The fourth-order valence-corrected chi connectivity index (χ4v) is 0.968. The van der Waals surface area contributed by atoms with Crippen molar-refractivity contribution in [3.8, 4) is 0 Å². The van der Waals surface area contributed by atoms with E-state index in [1.54, 1.807) is 13.1 Å². The van der Waals surface area contributed by atoms with Gasteiger partial charge < -0.3 is 10.2 Å². The number of ketones is 1. The second kappa shape index (κ2) is 3.00. The fraction of sp³-hybridized carbons (Fsp3) is 0.429. The van der Waals surface area contributed by atoms with Crippen molar-refractivity contribution in [2.75, 3.05) is 13.6 Å². The first-order valence-corrected chi connectivity index (χ1v) is 3.73. The molecule has 0 atom stereocenters. The van der Waals surface area contributed by atoms with Gasteiger partial charge in [0.15, 0.2) is 10.9 Å². The Morgan fingerprint density at radius 2 is 2.45 bits per heavy atom. The topological polar surface area (TPSA) is 32.3 Å². The first-order valence-electron chi connectivity index (χ1n) is 3.33. The molecule has 3 nitrogen and oxygen atoms in total. The lowest BCUT2D eigenvalue weighted by Gasteiger charge is -2.24. The third kappa shape index (κ3) is 1.77. The molecule has 0 bridgehead atoms. The lowest BCUT2D eigenvalue weighted by molar-refractivity contribution is -0.113. The third-order valence-corrected chi connectivity index (χ3v) is 2.01. The Labute approximate surface area is 71.1 Å². The number of likely N-dealkylation sites (N-methyl/N-ethyl adjacent to an activating group) is 1. The summed E-state index contributed by atoms with van der Waals surface area (Å²) >= 11 is 4.93. The number of hydrogen-bond donors (Lipinski definition) is 1. The summed E-state index contributed by atoms with van der Waals surface area (Å²) < 4.78 is 0. The third-order valence-electron chi connectivity index (χ3n) is 1.58. The molecule has 0 aromatic carbocycles. The molecule has 0 radical (unpaired) electrons. The van der Waals surface area contributed by atoms with E-state index in [1.807, 2.05) is 11.9 Å². The Kier molecular flexibility index (Phi) is 2.24. The van der Waals surface area contributed by atoms with Crippen molar-refractivity contribution < 1.29 is 4.79 Å². The molecule has 1 rings (SSSR count). The van der Waals surface area contributed by atoms with Crippen LogP contribution < -0.4 is 5.32 Å². The van der Waals surface area contributed by atoms with Crippen LogP contribution in [-0.4, -0.2) is 29.4 Å². The molecule has 0 aliphatic carbocycles. The molecule has 1 N–H and O–H groups in total. The van der Waals surface area contributed by atoms with Gasteiger partial charge in [-0.3, -0.25) is 4.79 Å². The van der Waals surface area contributed by atoms with Crippen molar-refractivity contribution in [2.45, 2.75) is 6.92 Å². The average Bonchev–Trinajstić information content (AvgIpc) is 1.94. The number of nitrogens with one attached hydrogen (secondary N) is 1. The summed E-state index contributed by atoms with van der Waals surface area (Å²) in [6, 6.07) is 0. The van der Waals surface area contributed by atoms with E-state index in [0.29, 0.717) is 11.7 Å². The molecule has 11 heavy (non-hydrogen) atoms. The van der Waals surface area contributed by atoms with Crippen LogP contribution in [0.5, 0.6) is 0 Å². The minimum absolute atomic E-state index is 0.0897. The molecular formula is C7H10N2OS. The van der Waals surface area contributed by atoms with E-state index < -0.39 is 0 Å². The lowest BCUT2D eigenvalue weighted by Crippen LogP contribution is -2.40. The number of Topliss-reactive ketones (excluding diaryl/α,β-unsaturated/α-hetero) is 1. The van der Waals surface area contributed by atoms with Crippen molar-refractivity contribution in [1.29, 1.82) is 0 Å². The molecule has 0 saturated heterocycles. The Morgan fingerprint density at radius 1 is 1.82 bits per heavy atom. The van der Waals surface area contributed by atoms with Crippen molar-refractivity contribution >= 4 is 23.1 Å². The highest BCUT2D eigenvalue weighted by atomic mass is 32.1. The Balaban J connectivity index is 2.74. The summed E-state index contributed by atoms with van der Waals surface area (Å²) in [6.45, 7) is 2.16. The van der Waals surface area contributed by atoms with E-state index in [-0.39, 0.29) is 5.78 Å². The predicted molar refractivity (Wildman–Crippen MR) is 47.1 cm³/mol. The molecule has 0 amide bonds. The van der Waals surface area contributed by atoms with Crippen LogP contribution >= 0.6 is 12.2 Å². The molecule has 0 fully saturated rings. The average molecular weight is 170 g/mol. The molecule has 0 unspecified atom stereocenters. The van der Waals surface area contributed by atoms with Gasteiger partial charge in [0.2, 0.25) is 0 Å². The van der Waals surface area contributed by atoms with E-state index in [0.717, 1.165) is 5.57 Å². The van der Waals surface area contributed by atoms with E-state index in [2.05, 4.69) is 5.32 Å². The van der Waals surface area contributed by atoms with E-state index >= 15 is 0 Å². The van der Waals surface area contributed by atoms with Gasteiger partial charge in [-0.15, -0.1) is 0 Å². The summed E-state index contributed by atoms with van der Waals surface area (Å²) in [5.74, 6) is 0.0897. The maximum absolute atomic E-state index is 10.9. The molecule has 1 aliphatic rings. The summed E-state index contributed by atoms with van der Waals surface area (Å²) in [5.41, 5.74) is 0.765. The van der Waals surface area contributed by atoms with Crippen LogP contribution in [0.4, 0.5) is 0 Å². The number of carbonyl (C=O) groups is 1. The molecule has 1 heterocycles. The molecule has 1 aliphatic heterocycles. The van der Waals surface area contributed by atoms with Crippen LogP contribution in [-0.2, 0) is 4.79 Å². The zero-order valence-corrected chi connectivity index (χ0v) is 7.36. The van der Waals surface area contributed by atoms with Crippen molar-refractivity contribution in [1.82, 2.24) is 10.2 Å². The largest absolute Gasteiger partial charge is 0.348 e. The predicted octanol–water partition coefficient (Wildman–Crippen LogP) is 0.279. The molecule has 60 valence electrons. The van der Waals surface area contributed by atoms with Gasteiger partial charge in [0.05, 0.1) is 0 Å². The van der Waals surface area contributed by atoms with Crippen LogP contribution in [0.3, 0.4) is 0 Å². The lowest BCUT2D eigenvalue weighted by atomic mass is 10.2. The Morgan fingerprint density at radius 3 is 2.91 bits per heavy atom. The SMILES string of the molecule is CC(=O)C1=CNC(=S)N(C)C1. The highest BCUT2D eigenvalue weighted by molar-refractivity contribution is 7.80. The number of hydrogen-bond acceptors (Lipinski definition) is 2. The standard InChI is InChI=1S/C7H10N2OS/c1-5(10)6-3-8-7(11)9(2)4-6/h3H,4H2,1-2H3,(H,8,11). The van der Waals surface area contributed by atoms with Crippen molar-refractivity contribution in [2.24, 2.45) is 0 Å². The van der Waals surface area contributed by atoms with Gasteiger partial charge in [-0.25, -0.2) is 0 Å². The minimum atomic E-state index is 0.0897. The van der Waals surface area contributed by atoms with Gasteiger partial charge >= 0.3 is 0 Å². The summed E-state index contributed by atoms with van der Waals surface area (Å²) in [5, 5.41) is 3.50. The molecule has 4 heteroatoms. The Hall–Kier alpha value is -0.900. The summed E-state index contributed by atoms with van der Waals surface area (Å²) in [6.07, 6.45) is 1.67. The van der Waals surface area contributed by atoms with Crippen LogP contribution in [0.1, 0.15) is 6.92 Å². The minimum Gasteiger partial charge on any atom is -0.348 e. The van der Waals surface area contributed by atoms with Crippen molar-refractivity contribution in [3.05, 3.63) is 11.8 Å². The quantitative estimate of drug-likeness (QED) is 0.573. The van der Waals surface area contributed by atoms with E-state index in [1.165, 1.54) is 0 Å². The van der Waals surface area contributed by atoms with E-state index in [9.17, 15) is 4.79 Å². The maximum atomic E-state index is 10.9. The number of carbonyl (C=O) groups excluding carboxylic acids is 1. The summed E-state index contributed by atoms with van der Waals surface area (Å²) in [7, 11) is 1.85. The first-order chi connectivity index (χ1) is 5.11. The smallest absolute Gasteiger partial charge is 0.173 e. The van der Waals surface area contributed by atoms with Crippen LogP contribution in [0.25, 0.3) is 0 Å². The van der Waals surface area contributed by atoms with Gasteiger partial charge in [0, 0.05) is 25.4 Å². The molecule has 0 saturated carbocycles. The monoisotopic (exact) mass is 170 g/mol. The fourth-order valence-electron chi connectivity index (χ4n) is 0.845. The van der Waals surface area contributed by atoms with Crippen LogP contribution in [0, 0.1) is 0 Å². The molecule has 0 spiro atoms.